The summed E-state index contributed by atoms with van der Waals surface area (Å²) in [5, 5.41) is 1.03. The van der Waals surface area contributed by atoms with Gasteiger partial charge in [0.05, 0.1) is 5.56 Å². The standard InChI is InChI=1S/C23H25NO3/c1-3-4-8-18-13-22(25)27-23-19(18)11-12-21-20(23)14-24(15-26-21)16(2)17-9-6-5-7-10-17/h5-7,9-13,16H,3-4,8,14-15H2,1-2H3. The van der Waals surface area contributed by atoms with Crippen molar-refractivity contribution in [2.45, 2.75) is 45.7 Å². The van der Waals surface area contributed by atoms with E-state index in [2.05, 4.69) is 43.0 Å². The summed E-state index contributed by atoms with van der Waals surface area (Å²) >= 11 is 0. The number of unbranched alkanes of at least 4 members (excludes halogenated alkanes) is 1. The van der Waals surface area contributed by atoms with Crippen molar-refractivity contribution in [3.63, 3.8) is 0 Å². The highest BCUT2D eigenvalue weighted by atomic mass is 16.5. The van der Waals surface area contributed by atoms with E-state index in [0.29, 0.717) is 18.9 Å². The molecule has 0 bridgehead atoms. The summed E-state index contributed by atoms with van der Waals surface area (Å²) in [6.45, 7) is 5.56. The number of ether oxygens (including phenoxy) is 1. The summed E-state index contributed by atoms with van der Waals surface area (Å²) in [7, 11) is 0. The highest BCUT2D eigenvalue weighted by Gasteiger charge is 2.26. The Kier molecular flexibility index (Phi) is 4.99. The average Bonchev–Trinajstić information content (AvgIpc) is 2.71. The molecule has 0 saturated heterocycles. The number of fused-ring (bicyclic) bond motifs is 3. The van der Waals surface area contributed by atoms with Gasteiger partial charge in [0.25, 0.3) is 0 Å². The van der Waals surface area contributed by atoms with E-state index < -0.39 is 0 Å². The Morgan fingerprint density at radius 3 is 2.74 bits per heavy atom. The minimum atomic E-state index is -0.282. The number of nitrogens with zero attached hydrogens (tertiary/aromatic N) is 1. The summed E-state index contributed by atoms with van der Waals surface area (Å²) in [5.74, 6) is 0.815. The number of aryl methyl sites for hydroxylation is 1. The summed E-state index contributed by atoms with van der Waals surface area (Å²) in [6.07, 6.45) is 3.05. The molecule has 1 unspecified atom stereocenters. The molecule has 1 aliphatic rings. The SMILES string of the molecule is CCCCc1cc(=O)oc2c3c(ccc12)OCN(C(C)c1ccccc1)C3. The third-order valence-corrected chi connectivity index (χ3v) is 5.43. The highest BCUT2D eigenvalue weighted by molar-refractivity contribution is 5.85. The second kappa shape index (κ2) is 7.57. The van der Waals surface area contributed by atoms with Gasteiger partial charge in [-0.25, -0.2) is 4.79 Å². The first-order valence-corrected chi connectivity index (χ1v) is 9.67. The Balaban J connectivity index is 1.73. The molecular formula is C23H25NO3. The van der Waals surface area contributed by atoms with Crippen LogP contribution in [0.25, 0.3) is 11.0 Å². The molecule has 3 aromatic rings. The van der Waals surface area contributed by atoms with Gasteiger partial charge in [-0.05, 0) is 43.0 Å². The van der Waals surface area contributed by atoms with Gasteiger partial charge in [-0.3, -0.25) is 4.90 Å². The number of hydrogen-bond donors (Lipinski definition) is 0. The normalized spacial score (nSPS) is 15.3. The van der Waals surface area contributed by atoms with Crippen molar-refractivity contribution in [2.24, 2.45) is 0 Å². The molecular weight excluding hydrogens is 338 g/mol. The quantitative estimate of drug-likeness (QED) is 0.595. The van der Waals surface area contributed by atoms with Crippen LogP contribution in [0.2, 0.25) is 0 Å². The molecule has 4 rings (SSSR count). The van der Waals surface area contributed by atoms with E-state index in [1.54, 1.807) is 6.07 Å². The lowest BCUT2D eigenvalue weighted by Gasteiger charge is -2.34. The minimum absolute atomic E-state index is 0.213. The smallest absolute Gasteiger partial charge is 0.336 e. The lowest BCUT2D eigenvalue weighted by Crippen LogP contribution is -2.34. The predicted molar refractivity (Wildman–Crippen MR) is 107 cm³/mol. The molecule has 27 heavy (non-hydrogen) atoms. The molecule has 140 valence electrons. The molecule has 0 amide bonds. The van der Waals surface area contributed by atoms with Crippen molar-refractivity contribution in [1.29, 1.82) is 0 Å². The lowest BCUT2D eigenvalue weighted by molar-refractivity contribution is 0.0620. The predicted octanol–water partition coefficient (Wildman–Crippen LogP) is 5.05. The molecule has 1 atom stereocenters. The van der Waals surface area contributed by atoms with Crippen molar-refractivity contribution in [3.8, 4) is 5.75 Å². The molecule has 0 fully saturated rings. The second-order valence-corrected chi connectivity index (χ2v) is 7.22. The van der Waals surface area contributed by atoms with Crippen LogP contribution in [-0.4, -0.2) is 11.6 Å². The van der Waals surface area contributed by atoms with Crippen molar-refractivity contribution in [2.75, 3.05) is 6.73 Å². The molecule has 4 heteroatoms. The first-order chi connectivity index (χ1) is 13.2. The van der Waals surface area contributed by atoms with E-state index in [-0.39, 0.29) is 11.7 Å². The average molecular weight is 363 g/mol. The second-order valence-electron chi connectivity index (χ2n) is 7.22. The van der Waals surface area contributed by atoms with E-state index in [4.69, 9.17) is 9.15 Å². The molecule has 2 heterocycles. The molecule has 0 aliphatic carbocycles. The van der Waals surface area contributed by atoms with E-state index in [1.165, 1.54) is 5.56 Å². The molecule has 0 saturated carbocycles. The molecule has 1 aliphatic heterocycles. The Morgan fingerprint density at radius 2 is 1.96 bits per heavy atom. The third-order valence-electron chi connectivity index (χ3n) is 5.43. The zero-order valence-corrected chi connectivity index (χ0v) is 15.9. The number of benzene rings is 2. The highest BCUT2D eigenvalue weighted by Crippen LogP contribution is 2.36. The molecule has 4 nitrogen and oxygen atoms in total. The van der Waals surface area contributed by atoms with Gasteiger partial charge in [0.2, 0.25) is 0 Å². The molecule has 2 aromatic carbocycles. The summed E-state index contributed by atoms with van der Waals surface area (Å²) < 4.78 is 11.7. The van der Waals surface area contributed by atoms with Gasteiger partial charge in [-0.2, -0.15) is 0 Å². The Labute approximate surface area is 159 Å². The monoisotopic (exact) mass is 363 g/mol. The van der Waals surface area contributed by atoms with Crippen molar-refractivity contribution in [1.82, 2.24) is 4.90 Å². The molecule has 1 aromatic heterocycles. The van der Waals surface area contributed by atoms with Crippen LogP contribution in [0.5, 0.6) is 5.75 Å². The Morgan fingerprint density at radius 1 is 1.15 bits per heavy atom. The van der Waals surface area contributed by atoms with Crippen molar-refractivity contribution in [3.05, 3.63) is 75.6 Å². The van der Waals surface area contributed by atoms with Crippen LogP contribution in [0.1, 0.15) is 49.4 Å². The van der Waals surface area contributed by atoms with E-state index in [9.17, 15) is 4.79 Å². The van der Waals surface area contributed by atoms with Crippen LogP contribution in [-0.2, 0) is 13.0 Å². The van der Waals surface area contributed by atoms with Crippen molar-refractivity contribution < 1.29 is 9.15 Å². The lowest BCUT2D eigenvalue weighted by atomic mass is 10.00. The van der Waals surface area contributed by atoms with Crippen molar-refractivity contribution >= 4 is 11.0 Å². The topological polar surface area (TPSA) is 42.7 Å². The molecule has 0 N–H and O–H groups in total. The van der Waals surface area contributed by atoms with Gasteiger partial charge in [-0.15, -0.1) is 0 Å². The van der Waals surface area contributed by atoms with Gasteiger partial charge in [0, 0.05) is 24.0 Å². The van der Waals surface area contributed by atoms with E-state index in [0.717, 1.165) is 41.5 Å². The third kappa shape index (κ3) is 3.50. The van der Waals surface area contributed by atoms with Crippen LogP contribution in [0.15, 0.2) is 57.7 Å². The fourth-order valence-corrected chi connectivity index (χ4v) is 3.78. The minimum Gasteiger partial charge on any atom is -0.478 e. The zero-order chi connectivity index (χ0) is 18.8. The van der Waals surface area contributed by atoms with Crippen LogP contribution in [0, 0.1) is 0 Å². The summed E-state index contributed by atoms with van der Waals surface area (Å²) in [4.78, 5) is 14.4. The van der Waals surface area contributed by atoms with Crippen LogP contribution in [0.4, 0.5) is 0 Å². The van der Waals surface area contributed by atoms with Crippen LogP contribution in [0.3, 0.4) is 0 Å². The fourth-order valence-electron chi connectivity index (χ4n) is 3.78. The van der Waals surface area contributed by atoms with Gasteiger partial charge in [0.15, 0.2) is 0 Å². The molecule has 0 radical (unpaired) electrons. The fraction of sp³-hybridized carbons (Fsp3) is 0.348. The maximum atomic E-state index is 12.2. The first kappa shape index (κ1) is 17.8. The zero-order valence-electron chi connectivity index (χ0n) is 15.9. The Bertz CT molecular complexity index is 994. The number of rotatable bonds is 5. The van der Waals surface area contributed by atoms with Gasteiger partial charge >= 0.3 is 5.63 Å². The van der Waals surface area contributed by atoms with E-state index >= 15 is 0 Å². The summed E-state index contributed by atoms with van der Waals surface area (Å²) in [6, 6.07) is 16.3. The Hall–Kier alpha value is -2.59. The maximum absolute atomic E-state index is 12.2. The van der Waals surface area contributed by atoms with E-state index in [1.807, 2.05) is 18.2 Å². The number of hydrogen-bond acceptors (Lipinski definition) is 4. The van der Waals surface area contributed by atoms with Gasteiger partial charge < -0.3 is 9.15 Å². The van der Waals surface area contributed by atoms with Gasteiger partial charge in [-0.1, -0.05) is 43.7 Å². The first-order valence-electron chi connectivity index (χ1n) is 9.67. The summed E-state index contributed by atoms with van der Waals surface area (Å²) in [5.41, 5.74) is 3.68. The largest absolute Gasteiger partial charge is 0.478 e. The van der Waals surface area contributed by atoms with Crippen LogP contribution < -0.4 is 10.4 Å². The van der Waals surface area contributed by atoms with Gasteiger partial charge in [0.1, 0.15) is 18.1 Å². The van der Waals surface area contributed by atoms with Crippen LogP contribution >= 0.6 is 0 Å². The maximum Gasteiger partial charge on any atom is 0.336 e. The molecule has 0 spiro atoms.